The molecular formula is C9H15N3O2S. The predicted molar refractivity (Wildman–Crippen MR) is 58.5 cm³/mol. The number of oxazole rings is 1. The summed E-state index contributed by atoms with van der Waals surface area (Å²) in [5.74, 6) is 0.193. The summed E-state index contributed by atoms with van der Waals surface area (Å²) in [5.41, 5.74) is 5.25. The third kappa shape index (κ3) is 4.35. The van der Waals surface area contributed by atoms with Crippen LogP contribution in [0.25, 0.3) is 0 Å². The Morgan fingerprint density at radius 1 is 1.80 bits per heavy atom. The largest absolute Gasteiger partial charge is 0.440 e. The summed E-state index contributed by atoms with van der Waals surface area (Å²) in [6.45, 7) is 2.81. The van der Waals surface area contributed by atoms with Crippen molar-refractivity contribution in [2.75, 3.05) is 12.3 Å². The fourth-order valence-electron chi connectivity index (χ4n) is 0.996. The Bertz CT molecular complexity index is 290. The smallest absolute Gasteiger partial charge is 0.255 e. The zero-order chi connectivity index (χ0) is 11.1. The molecule has 0 aromatic carbocycles. The Morgan fingerprint density at radius 3 is 3.13 bits per heavy atom. The summed E-state index contributed by atoms with van der Waals surface area (Å²) >= 11 is 1.37. The van der Waals surface area contributed by atoms with Crippen molar-refractivity contribution in [3.05, 3.63) is 12.5 Å². The molecule has 6 heteroatoms. The molecule has 15 heavy (non-hydrogen) atoms. The fraction of sp³-hybridized carbons (Fsp3) is 0.556. The second-order valence-electron chi connectivity index (χ2n) is 3.02. The Hall–Kier alpha value is -1.01. The standard InChI is InChI=1S/C9H15N3O2S/c1-2-3-11-7(8(10)13)6-15-9-12-4-5-14-9/h4-5,7,11H,2-3,6H2,1H3,(H2,10,13). The van der Waals surface area contributed by atoms with Crippen molar-refractivity contribution in [1.82, 2.24) is 10.3 Å². The van der Waals surface area contributed by atoms with Gasteiger partial charge in [0.2, 0.25) is 5.91 Å². The van der Waals surface area contributed by atoms with E-state index in [0.29, 0.717) is 11.0 Å². The highest BCUT2D eigenvalue weighted by atomic mass is 32.2. The summed E-state index contributed by atoms with van der Waals surface area (Å²) in [5, 5.41) is 3.62. The van der Waals surface area contributed by atoms with Crippen LogP contribution >= 0.6 is 11.8 Å². The molecule has 0 spiro atoms. The van der Waals surface area contributed by atoms with Crippen molar-refractivity contribution in [3.8, 4) is 0 Å². The zero-order valence-electron chi connectivity index (χ0n) is 8.60. The van der Waals surface area contributed by atoms with Crippen molar-refractivity contribution >= 4 is 17.7 Å². The average Bonchev–Trinajstić information content (AvgIpc) is 2.70. The topological polar surface area (TPSA) is 81.2 Å². The second-order valence-corrected chi connectivity index (χ2v) is 3.99. The maximum atomic E-state index is 11.1. The molecule has 1 atom stereocenters. The molecule has 0 aliphatic rings. The molecule has 0 aliphatic heterocycles. The number of rotatable bonds is 7. The molecule has 1 rings (SSSR count). The maximum absolute atomic E-state index is 11.1. The molecule has 0 saturated carbocycles. The van der Waals surface area contributed by atoms with Crippen LogP contribution in [-0.2, 0) is 4.79 Å². The molecule has 5 nitrogen and oxygen atoms in total. The van der Waals surface area contributed by atoms with Crippen LogP contribution < -0.4 is 11.1 Å². The minimum atomic E-state index is -0.345. The fourth-order valence-corrected chi connectivity index (χ4v) is 1.85. The van der Waals surface area contributed by atoms with Crippen LogP contribution in [0.15, 0.2) is 22.1 Å². The van der Waals surface area contributed by atoms with Crippen molar-refractivity contribution in [2.45, 2.75) is 24.6 Å². The number of hydrogen-bond donors (Lipinski definition) is 2. The number of hydrogen-bond acceptors (Lipinski definition) is 5. The number of carbonyl (C=O) groups excluding carboxylic acids is 1. The molecular weight excluding hydrogens is 214 g/mol. The lowest BCUT2D eigenvalue weighted by atomic mass is 10.3. The first-order chi connectivity index (χ1) is 7.24. The van der Waals surface area contributed by atoms with Crippen LogP contribution in [-0.4, -0.2) is 29.2 Å². The quantitative estimate of drug-likeness (QED) is 0.670. The van der Waals surface area contributed by atoms with Gasteiger partial charge in [-0.2, -0.15) is 0 Å². The van der Waals surface area contributed by atoms with Gasteiger partial charge in [0.25, 0.3) is 5.22 Å². The van der Waals surface area contributed by atoms with Gasteiger partial charge in [-0.25, -0.2) is 4.98 Å². The minimum absolute atomic E-state index is 0.332. The van der Waals surface area contributed by atoms with E-state index in [4.69, 9.17) is 10.2 Å². The Labute approximate surface area is 92.8 Å². The summed E-state index contributed by atoms with van der Waals surface area (Å²) in [6.07, 6.45) is 4.04. The Balaban J connectivity index is 2.34. The van der Waals surface area contributed by atoms with Gasteiger partial charge < -0.3 is 15.5 Å². The number of nitrogens with one attached hydrogen (secondary N) is 1. The van der Waals surface area contributed by atoms with Crippen LogP contribution in [0.3, 0.4) is 0 Å². The van der Waals surface area contributed by atoms with Gasteiger partial charge in [-0.15, -0.1) is 0 Å². The van der Waals surface area contributed by atoms with Crippen LogP contribution in [0.1, 0.15) is 13.3 Å². The van der Waals surface area contributed by atoms with Gasteiger partial charge in [0, 0.05) is 5.75 Å². The number of amides is 1. The lowest BCUT2D eigenvalue weighted by Crippen LogP contribution is -2.43. The highest BCUT2D eigenvalue weighted by Gasteiger charge is 2.15. The highest BCUT2D eigenvalue weighted by molar-refractivity contribution is 7.99. The lowest BCUT2D eigenvalue weighted by Gasteiger charge is -2.12. The summed E-state index contributed by atoms with van der Waals surface area (Å²) in [6, 6.07) is -0.332. The van der Waals surface area contributed by atoms with E-state index in [1.807, 2.05) is 6.92 Å². The number of thioether (sulfide) groups is 1. The van der Waals surface area contributed by atoms with Gasteiger partial charge in [0.15, 0.2) is 0 Å². The number of nitrogens with zero attached hydrogens (tertiary/aromatic N) is 1. The molecule has 1 amide bonds. The summed E-state index contributed by atoms with van der Waals surface area (Å²) in [4.78, 5) is 15.0. The minimum Gasteiger partial charge on any atom is -0.440 e. The molecule has 1 unspecified atom stereocenters. The SMILES string of the molecule is CCCNC(CSc1ncco1)C(N)=O. The Kier molecular flexibility index (Phi) is 5.20. The first-order valence-electron chi connectivity index (χ1n) is 4.79. The number of primary amides is 1. The molecule has 1 aromatic heterocycles. The normalized spacial score (nSPS) is 12.6. The van der Waals surface area contributed by atoms with Crippen molar-refractivity contribution in [3.63, 3.8) is 0 Å². The predicted octanol–water partition coefficient (Wildman–Crippen LogP) is 0.620. The molecule has 3 N–H and O–H groups in total. The van der Waals surface area contributed by atoms with Crippen LogP contribution in [0.5, 0.6) is 0 Å². The summed E-state index contributed by atoms with van der Waals surface area (Å²) in [7, 11) is 0. The van der Waals surface area contributed by atoms with Crippen molar-refractivity contribution in [1.29, 1.82) is 0 Å². The summed E-state index contributed by atoms with van der Waals surface area (Å²) < 4.78 is 5.04. The Morgan fingerprint density at radius 2 is 2.60 bits per heavy atom. The van der Waals surface area contributed by atoms with Gasteiger partial charge in [0.05, 0.1) is 12.2 Å². The molecule has 0 fully saturated rings. The van der Waals surface area contributed by atoms with Crippen LogP contribution in [0.2, 0.25) is 0 Å². The van der Waals surface area contributed by atoms with Gasteiger partial charge >= 0.3 is 0 Å². The van der Waals surface area contributed by atoms with E-state index in [0.717, 1.165) is 13.0 Å². The first kappa shape index (κ1) is 12.1. The van der Waals surface area contributed by atoms with Gasteiger partial charge in [0.1, 0.15) is 6.26 Å². The molecule has 84 valence electrons. The zero-order valence-corrected chi connectivity index (χ0v) is 9.42. The van der Waals surface area contributed by atoms with E-state index in [1.165, 1.54) is 18.0 Å². The van der Waals surface area contributed by atoms with E-state index < -0.39 is 0 Å². The maximum Gasteiger partial charge on any atom is 0.255 e. The second kappa shape index (κ2) is 6.47. The van der Waals surface area contributed by atoms with E-state index in [2.05, 4.69) is 10.3 Å². The molecule has 0 radical (unpaired) electrons. The molecule has 0 aliphatic carbocycles. The number of aromatic nitrogens is 1. The van der Waals surface area contributed by atoms with Gasteiger partial charge in [-0.1, -0.05) is 18.7 Å². The highest BCUT2D eigenvalue weighted by Crippen LogP contribution is 2.15. The molecule has 0 bridgehead atoms. The first-order valence-corrected chi connectivity index (χ1v) is 5.77. The average molecular weight is 229 g/mol. The third-order valence-corrected chi connectivity index (χ3v) is 2.72. The van der Waals surface area contributed by atoms with Crippen LogP contribution in [0, 0.1) is 0 Å². The van der Waals surface area contributed by atoms with E-state index in [1.54, 1.807) is 6.20 Å². The number of carbonyl (C=O) groups is 1. The van der Waals surface area contributed by atoms with E-state index in [-0.39, 0.29) is 11.9 Å². The lowest BCUT2D eigenvalue weighted by molar-refractivity contribution is -0.119. The van der Waals surface area contributed by atoms with E-state index >= 15 is 0 Å². The molecule has 1 heterocycles. The van der Waals surface area contributed by atoms with Crippen molar-refractivity contribution < 1.29 is 9.21 Å². The van der Waals surface area contributed by atoms with Crippen LogP contribution in [0.4, 0.5) is 0 Å². The third-order valence-electron chi connectivity index (χ3n) is 1.77. The van der Waals surface area contributed by atoms with Gasteiger partial charge in [-0.3, -0.25) is 4.79 Å². The monoisotopic (exact) mass is 229 g/mol. The molecule has 0 saturated heterocycles. The van der Waals surface area contributed by atoms with Gasteiger partial charge in [-0.05, 0) is 13.0 Å². The molecule has 1 aromatic rings. The van der Waals surface area contributed by atoms with Crippen molar-refractivity contribution in [2.24, 2.45) is 5.73 Å². The van der Waals surface area contributed by atoms with E-state index in [9.17, 15) is 4.79 Å². The number of nitrogens with two attached hydrogens (primary N) is 1.